The Hall–Kier alpha value is -0.520. The van der Waals surface area contributed by atoms with E-state index >= 15 is 0 Å². The fourth-order valence-corrected chi connectivity index (χ4v) is 2.66. The summed E-state index contributed by atoms with van der Waals surface area (Å²) in [5, 5.41) is 3.62. The maximum Gasteiger partial charge on any atom is 0.0235 e. The quantitative estimate of drug-likeness (QED) is 0.659. The van der Waals surface area contributed by atoms with Gasteiger partial charge in [-0.05, 0) is 32.2 Å². The summed E-state index contributed by atoms with van der Waals surface area (Å²) in [5.41, 5.74) is 0. The van der Waals surface area contributed by atoms with E-state index < -0.39 is 0 Å². The molecule has 2 rings (SSSR count). The minimum absolute atomic E-state index is 0.776. The lowest BCUT2D eigenvalue weighted by Crippen LogP contribution is -2.40. The number of fused-ring (bicyclic) bond motifs is 1. The van der Waals surface area contributed by atoms with Crippen LogP contribution in [0.1, 0.15) is 26.2 Å². The Kier molecular flexibility index (Phi) is 3.44. The fourth-order valence-electron chi connectivity index (χ4n) is 2.66. The molecule has 2 fully saturated rings. The standard InChI is InChI=1S/C12H20N2/c1-2-3-4-8-14-9-11-6-5-7-13-12(11)10-14/h11-13H,4-10H2,1H3/t11-,12+/m0/s1. The van der Waals surface area contributed by atoms with E-state index in [2.05, 4.69) is 22.1 Å². The highest BCUT2D eigenvalue weighted by Crippen LogP contribution is 2.24. The summed E-state index contributed by atoms with van der Waals surface area (Å²) in [7, 11) is 0. The first kappa shape index (κ1) is 10.0. The second-order valence-corrected chi connectivity index (χ2v) is 4.40. The Morgan fingerprint density at radius 2 is 2.36 bits per heavy atom. The minimum atomic E-state index is 0.776. The molecule has 0 aliphatic carbocycles. The normalized spacial score (nSPS) is 32.1. The first-order valence-corrected chi connectivity index (χ1v) is 5.75. The number of nitrogens with zero attached hydrogens (tertiary/aromatic N) is 1. The molecule has 0 radical (unpaired) electrons. The zero-order chi connectivity index (χ0) is 9.80. The van der Waals surface area contributed by atoms with Crippen LogP contribution in [0.25, 0.3) is 0 Å². The van der Waals surface area contributed by atoms with E-state index in [1.807, 2.05) is 6.92 Å². The molecule has 0 aromatic heterocycles. The molecule has 0 bridgehead atoms. The van der Waals surface area contributed by atoms with Crippen LogP contribution < -0.4 is 5.32 Å². The molecule has 78 valence electrons. The Morgan fingerprint density at radius 3 is 3.14 bits per heavy atom. The van der Waals surface area contributed by atoms with Crippen LogP contribution >= 0.6 is 0 Å². The average Bonchev–Trinajstić information content (AvgIpc) is 2.60. The van der Waals surface area contributed by atoms with Crippen molar-refractivity contribution < 1.29 is 0 Å². The maximum atomic E-state index is 3.62. The highest BCUT2D eigenvalue weighted by molar-refractivity contribution is 4.97. The third-order valence-electron chi connectivity index (χ3n) is 3.40. The van der Waals surface area contributed by atoms with Gasteiger partial charge >= 0.3 is 0 Å². The Morgan fingerprint density at radius 1 is 1.43 bits per heavy atom. The Bertz CT molecular complexity index is 224. The molecule has 0 unspecified atom stereocenters. The van der Waals surface area contributed by atoms with Gasteiger partial charge in [-0.1, -0.05) is 0 Å². The molecule has 1 N–H and O–H groups in total. The van der Waals surface area contributed by atoms with Gasteiger partial charge in [0, 0.05) is 32.1 Å². The fraction of sp³-hybridized carbons (Fsp3) is 0.833. The Balaban J connectivity index is 1.77. The van der Waals surface area contributed by atoms with Crippen molar-refractivity contribution in [3.05, 3.63) is 0 Å². The summed E-state index contributed by atoms with van der Waals surface area (Å²) in [4.78, 5) is 2.57. The lowest BCUT2D eigenvalue weighted by Gasteiger charge is -2.24. The lowest BCUT2D eigenvalue weighted by molar-refractivity contribution is 0.325. The second-order valence-electron chi connectivity index (χ2n) is 4.40. The number of hydrogen-bond acceptors (Lipinski definition) is 2. The predicted molar refractivity (Wildman–Crippen MR) is 59.0 cm³/mol. The van der Waals surface area contributed by atoms with Gasteiger partial charge in [-0.3, -0.25) is 0 Å². The van der Waals surface area contributed by atoms with Crippen molar-refractivity contribution in [3.8, 4) is 11.8 Å². The van der Waals surface area contributed by atoms with Crippen LogP contribution in [0.5, 0.6) is 0 Å². The van der Waals surface area contributed by atoms with E-state index in [-0.39, 0.29) is 0 Å². The van der Waals surface area contributed by atoms with Gasteiger partial charge in [0.05, 0.1) is 0 Å². The molecular weight excluding hydrogens is 172 g/mol. The summed E-state index contributed by atoms with van der Waals surface area (Å²) >= 11 is 0. The van der Waals surface area contributed by atoms with Gasteiger partial charge < -0.3 is 10.2 Å². The number of nitrogens with one attached hydrogen (secondary N) is 1. The van der Waals surface area contributed by atoms with Gasteiger partial charge in [-0.15, -0.1) is 11.8 Å². The van der Waals surface area contributed by atoms with E-state index in [1.165, 1.54) is 32.5 Å². The van der Waals surface area contributed by atoms with Crippen LogP contribution in [0.3, 0.4) is 0 Å². The highest BCUT2D eigenvalue weighted by atomic mass is 15.2. The van der Waals surface area contributed by atoms with Crippen LogP contribution in [-0.4, -0.2) is 37.1 Å². The van der Waals surface area contributed by atoms with E-state index in [4.69, 9.17) is 0 Å². The largest absolute Gasteiger partial charge is 0.312 e. The number of hydrogen-bond donors (Lipinski definition) is 1. The third-order valence-corrected chi connectivity index (χ3v) is 3.40. The molecule has 2 aliphatic rings. The Labute approximate surface area is 87.1 Å². The van der Waals surface area contributed by atoms with Gasteiger partial charge in [0.15, 0.2) is 0 Å². The van der Waals surface area contributed by atoms with Gasteiger partial charge in [-0.25, -0.2) is 0 Å². The van der Waals surface area contributed by atoms with Gasteiger partial charge in [-0.2, -0.15) is 0 Å². The first-order chi connectivity index (χ1) is 6.90. The van der Waals surface area contributed by atoms with E-state index in [0.717, 1.165) is 24.9 Å². The monoisotopic (exact) mass is 192 g/mol. The van der Waals surface area contributed by atoms with Crippen molar-refractivity contribution in [1.82, 2.24) is 10.2 Å². The van der Waals surface area contributed by atoms with Crippen molar-refractivity contribution in [2.45, 2.75) is 32.2 Å². The zero-order valence-corrected chi connectivity index (χ0v) is 9.05. The molecule has 2 heterocycles. The maximum absolute atomic E-state index is 3.62. The molecule has 2 heteroatoms. The van der Waals surface area contributed by atoms with Gasteiger partial charge in [0.25, 0.3) is 0 Å². The predicted octanol–water partition coefficient (Wildman–Crippen LogP) is 1.08. The average molecular weight is 192 g/mol. The molecular formula is C12H20N2. The third kappa shape index (κ3) is 2.29. The molecule has 2 aliphatic heterocycles. The smallest absolute Gasteiger partial charge is 0.0235 e. The topological polar surface area (TPSA) is 15.3 Å². The van der Waals surface area contributed by atoms with Crippen LogP contribution in [0.4, 0.5) is 0 Å². The van der Waals surface area contributed by atoms with Crippen LogP contribution in [0.2, 0.25) is 0 Å². The van der Waals surface area contributed by atoms with Gasteiger partial charge in [0.2, 0.25) is 0 Å². The molecule has 14 heavy (non-hydrogen) atoms. The van der Waals surface area contributed by atoms with Crippen molar-refractivity contribution in [2.24, 2.45) is 5.92 Å². The van der Waals surface area contributed by atoms with Crippen molar-refractivity contribution >= 4 is 0 Å². The summed E-state index contributed by atoms with van der Waals surface area (Å²) in [6.45, 7) is 6.85. The SMILES string of the molecule is CC#CCCN1C[C@@H]2CCCN[C@@H]2C1. The van der Waals surface area contributed by atoms with Crippen LogP contribution in [-0.2, 0) is 0 Å². The molecule has 0 aromatic carbocycles. The number of rotatable bonds is 2. The summed E-state index contributed by atoms with van der Waals surface area (Å²) in [5.74, 6) is 7.02. The number of likely N-dealkylation sites (tertiary alicyclic amines) is 1. The highest BCUT2D eigenvalue weighted by Gasteiger charge is 2.33. The van der Waals surface area contributed by atoms with Crippen LogP contribution in [0, 0.1) is 17.8 Å². The summed E-state index contributed by atoms with van der Waals surface area (Å²) < 4.78 is 0. The lowest BCUT2D eigenvalue weighted by atomic mass is 9.94. The van der Waals surface area contributed by atoms with Crippen molar-refractivity contribution in [2.75, 3.05) is 26.2 Å². The molecule has 0 aromatic rings. The van der Waals surface area contributed by atoms with Gasteiger partial charge in [0.1, 0.15) is 0 Å². The number of piperidine rings is 1. The molecule has 2 saturated heterocycles. The second kappa shape index (κ2) is 4.82. The zero-order valence-electron chi connectivity index (χ0n) is 9.05. The molecule has 0 spiro atoms. The molecule has 2 nitrogen and oxygen atoms in total. The first-order valence-electron chi connectivity index (χ1n) is 5.75. The van der Waals surface area contributed by atoms with Crippen molar-refractivity contribution in [1.29, 1.82) is 0 Å². The molecule has 0 amide bonds. The summed E-state index contributed by atoms with van der Waals surface area (Å²) in [6.07, 6.45) is 3.83. The van der Waals surface area contributed by atoms with E-state index in [0.29, 0.717) is 0 Å². The minimum Gasteiger partial charge on any atom is -0.312 e. The molecule has 2 atom stereocenters. The summed E-state index contributed by atoms with van der Waals surface area (Å²) in [6, 6.07) is 0.776. The van der Waals surface area contributed by atoms with Crippen molar-refractivity contribution in [3.63, 3.8) is 0 Å². The van der Waals surface area contributed by atoms with Crippen LogP contribution in [0.15, 0.2) is 0 Å². The van der Waals surface area contributed by atoms with E-state index in [9.17, 15) is 0 Å². The molecule has 0 saturated carbocycles. The van der Waals surface area contributed by atoms with E-state index in [1.54, 1.807) is 0 Å².